The number of nitrogens with one attached hydrogen (secondary N) is 1. The van der Waals surface area contributed by atoms with Crippen molar-refractivity contribution in [1.82, 2.24) is 0 Å². The van der Waals surface area contributed by atoms with Crippen LogP contribution >= 0.6 is 0 Å². The zero-order chi connectivity index (χ0) is 21.9. The molecule has 1 amide bonds. The van der Waals surface area contributed by atoms with E-state index in [1.54, 1.807) is 24.3 Å². The summed E-state index contributed by atoms with van der Waals surface area (Å²) >= 11 is 0. The summed E-state index contributed by atoms with van der Waals surface area (Å²) in [6, 6.07) is 24.9. The molecule has 0 saturated carbocycles. The first kappa shape index (κ1) is 23.2. The fraction of sp³-hybridized carbons (Fsp3) is 0.296. The van der Waals surface area contributed by atoms with Gasteiger partial charge in [0.2, 0.25) is 0 Å². The highest BCUT2D eigenvalue weighted by molar-refractivity contribution is 6.05. The van der Waals surface area contributed by atoms with Gasteiger partial charge in [0.05, 0.1) is 5.69 Å². The molecule has 0 aliphatic heterocycles. The minimum absolute atomic E-state index is 0.0667. The van der Waals surface area contributed by atoms with Crippen molar-refractivity contribution in [2.75, 3.05) is 5.32 Å². The minimum Gasteiger partial charge on any atom is -0.506 e. The van der Waals surface area contributed by atoms with Crippen molar-refractivity contribution >= 4 is 11.6 Å². The van der Waals surface area contributed by atoms with E-state index in [1.807, 2.05) is 24.3 Å². The first-order valence-corrected chi connectivity index (χ1v) is 10.7. The number of carbonyl (C=O) groups is 1. The maximum Gasteiger partial charge on any atom is 0.255 e. The first-order valence-electron chi connectivity index (χ1n) is 10.7. The number of benzene rings is 3. The van der Waals surface area contributed by atoms with Crippen LogP contribution in [0.25, 0.3) is 0 Å². The zero-order valence-corrected chi connectivity index (χ0v) is 18.4. The van der Waals surface area contributed by atoms with Crippen molar-refractivity contribution in [1.29, 1.82) is 0 Å². The molecular weight excluding hydrogens is 370 g/mol. The monoisotopic (exact) mass is 403 g/mol. The molecule has 0 aromatic heterocycles. The van der Waals surface area contributed by atoms with Gasteiger partial charge in [-0.2, -0.15) is 0 Å². The number of hydrogen-bond donors (Lipinski definition) is 2. The normalized spacial score (nSPS) is 12.3. The van der Waals surface area contributed by atoms with E-state index in [-0.39, 0.29) is 11.7 Å². The Bertz CT molecular complexity index is 904. The van der Waals surface area contributed by atoms with Crippen LogP contribution in [0.4, 0.5) is 5.69 Å². The SMILES string of the molecule is CCC(C)c1ccc(C(=O)Nc2ccccc2O)cc1.CCC(C)c1ccccc1. The third-order valence-electron chi connectivity index (χ3n) is 5.49. The molecule has 0 saturated heterocycles. The summed E-state index contributed by atoms with van der Waals surface area (Å²) in [6.07, 6.45) is 2.30. The lowest BCUT2D eigenvalue weighted by Gasteiger charge is -2.10. The number of hydrogen-bond acceptors (Lipinski definition) is 2. The van der Waals surface area contributed by atoms with E-state index in [9.17, 15) is 9.90 Å². The van der Waals surface area contributed by atoms with Gasteiger partial charge in [-0.1, -0.05) is 82.3 Å². The van der Waals surface area contributed by atoms with Gasteiger partial charge in [-0.25, -0.2) is 0 Å². The van der Waals surface area contributed by atoms with E-state index in [1.165, 1.54) is 17.5 Å². The van der Waals surface area contributed by atoms with Crippen LogP contribution in [0.15, 0.2) is 78.9 Å². The van der Waals surface area contributed by atoms with Gasteiger partial charge in [0, 0.05) is 5.56 Å². The predicted octanol–water partition coefficient (Wildman–Crippen LogP) is 7.36. The van der Waals surface area contributed by atoms with Gasteiger partial charge in [0.25, 0.3) is 5.91 Å². The van der Waals surface area contributed by atoms with Crippen LogP contribution in [0.5, 0.6) is 5.75 Å². The van der Waals surface area contributed by atoms with Gasteiger partial charge in [0.15, 0.2) is 0 Å². The molecule has 0 heterocycles. The molecule has 2 unspecified atom stereocenters. The van der Waals surface area contributed by atoms with Crippen molar-refractivity contribution < 1.29 is 9.90 Å². The summed E-state index contributed by atoms with van der Waals surface area (Å²) in [5, 5.41) is 12.3. The molecule has 3 aromatic carbocycles. The van der Waals surface area contributed by atoms with E-state index in [0.717, 1.165) is 6.42 Å². The van der Waals surface area contributed by atoms with Gasteiger partial charge in [-0.15, -0.1) is 0 Å². The van der Waals surface area contributed by atoms with Gasteiger partial charge < -0.3 is 10.4 Å². The average molecular weight is 404 g/mol. The molecule has 0 aliphatic carbocycles. The highest BCUT2D eigenvalue weighted by Crippen LogP contribution is 2.23. The highest BCUT2D eigenvalue weighted by Gasteiger charge is 2.09. The van der Waals surface area contributed by atoms with Crippen LogP contribution in [-0.2, 0) is 0 Å². The third-order valence-corrected chi connectivity index (χ3v) is 5.49. The topological polar surface area (TPSA) is 49.3 Å². The number of phenolic OH excluding ortho intramolecular Hbond substituents is 1. The van der Waals surface area contributed by atoms with E-state index in [2.05, 4.69) is 63.3 Å². The molecule has 158 valence electrons. The zero-order valence-electron chi connectivity index (χ0n) is 18.4. The Morgan fingerprint density at radius 2 is 1.27 bits per heavy atom. The van der Waals surface area contributed by atoms with Crippen LogP contribution in [-0.4, -0.2) is 11.0 Å². The Morgan fingerprint density at radius 1 is 0.767 bits per heavy atom. The van der Waals surface area contributed by atoms with Gasteiger partial charge in [-0.3, -0.25) is 4.79 Å². The molecule has 3 rings (SSSR count). The van der Waals surface area contributed by atoms with Crippen molar-refractivity contribution in [3.05, 3.63) is 95.6 Å². The van der Waals surface area contributed by atoms with E-state index in [4.69, 9.17) is 0 Å². The van der Waals surface area contributed by atoms with Gasteiger partial charge in [-0.05, 0) is 60.1 Å². The molecule has 0 radical (unpaired) electrons. The van der Waals surface area contributed by atoms with Gasteiger partial charge in [0.1, 0.15) is 5.75 Å². The number of phenols is 1. The highest BCUT2D eigenvalue weighted by atomic mass is 16.3. The summed E-state index contributed by atoms with van der Waals surface area (Å²) in [5.74, 6) is 1.05. The first-order chi connectivity index (χ1) is 14.5. The Kier molecular flexibility index (Phi) is 9.14. The number of anilines is 1. The summed E-state index contributed by atoms with van der Waals surface area (Å²) in [5.41, 5.74) is 3.68. The lowest BCUT2D eigenvalue weighted by Crippen LogP contribution is -2.12. The molecule has 0 aliphatic rings. The summed E-state index contributed by atoms with van der Waals surface area (Å²) in [4.78, 5) is 12.1. The Morgan fingerprint density at radius 3 is 1.80 bits per heavy atom. The molecular formula is C27H33NO2. The van der Waals surface area contributed by atoms with E-state index >= 15 is 0 Å². The quantitative estimate of drug-likeness (QED) is 0.422. The van der Waals surface area contributed by atoms with Crippen LogP contribution in [0.1, 0.15) is 73.9 Å². The maximum absolute atomic E-state index is 12.1. The number of rotatable bonds is 6. The lowest BCUT2D eigenvalue weighted by atomic mass is 9.97. The smallest absolute Gasteiger partial charge is 0.255 e. The molecule has 3 heteroatoms. The second-order valence-corrected chi connectivity index (χ2v) is 7.62. The lowest BCUT2D eigenvalue weighted by molar-refractivity contribution is 0.102. The maximum atomic E-state index is 12.1. The molecule has 2 atom stereocenters. The minimum atomic E-state index is -0.220. The fourth-order valence-corrected chi connectivity index (χ4v) is 2.99. The number of amides is 1. The van der Waals surface area contributed by atoms with Gasteiger partial charge >= 0.3 is 0 Å². The Balaban J connectivity index is 0.000000269. The Labute approximate surface area is 180 Å². The summed E-state index contributed by atoms with van der Waals surface area (Å²) in [7, 11) is 0. The molecule has 0 fully saturated rings. The van der Waals surface area contributed by atoms with Crippen LogP contribution in [0.2, 0.25) is 0 Å². The molecule has 3 nitrogen and oxygen atoms in total. The second-order valence-electron chi connectivity index (χ2n) is 7.62. The average Bonchev–Trinajstić information content (AvgIpc) is 2.80. The molecule has 0 spiro atoms. The number of aromatic hydroxyl groups is 1. The number of carbonyl (C=O) groups excluding carboxylic acids is 1. The van der Waals surface area contributed by atoms with Crippen molar-refractivity contribution in [2.45, 2.75) is 52.4 Å². The Hall–Kier alpha value is -3.07. The summed E-state index contributed by atoms with van der Waals surface area (Å²) in [6.45, 7) is 8.79. The third kappa shape index (κ3) is 6.77. The van der Waals surface area contributed by atoms with E-state index < -0.39 is 0 Å². The molecule has 3 aromatic rings. The fourth-order valence-electron chi connectivity index (χ4n) is 2.99. The number of para-hydroxylation sites is 2. The standard InChI is InChI=1S/C17H19NO2.C10H14/c1-3-12(2)13-8-10-14(11-9-13)17(20)18-15-6-4-5-7-16(15)19;1-3-9(2)10-7-5-4-6-8-10/h4-12,19H,3H2,1-2H3,(H,18,20);4-9H,3H2,1-2H3. The van der Waals surface area contributed by atoms with Crippen LogP contribution in [0.3, 0.4) is 0 Å². The van der Waals surface area contributed by atoms with Crippen LogP contribution < -0.4 is 5.32 Å². The molecule has 0 bridgehead atoms. The summed E-state index contributed by atoms with van der Waals surface area (Å²) < 4.78 is 0. The van der Waals surface area contributed by atoms with Crippen molar-refractivity contribution in [2.24, 2.45) is 0 Å². The second kappa shape index (κ2) is 11.8. The van der Waals surface area contributed by atoms with Crippen molar-refractivity contribution in [3.63, 3.8) is 0 Å². The molecule has 2 N–H and O–H groups in total. The van der Waals surface area contributed by atoms with Crippen molar-refractivity contribution in [3.8, 4) is 5.75 Å². The predicted molar refractivity (Wildman–Crippen MR) is 126 cm³/mol. The van der Waals surface area contributed by atoms with E-state index in [0.29, 0.717) is 23.1 Å². The largest absolute Gasteiger partial charge is 0.506 e. The van der Waals surface area contributed by atoms with Crippen LogP contribution in [0, 0.1) is 0 Å². The molecule has 30 heavy (non-hydrogen) atoms.